The lowest BCUT2D eigenvalue weighted by molar-refractivity contribution is -0.116. The van der Waals surface area contributed by atoms with E-state index in [1.807, 2.05) is 36.4 Å². The highest BCUT2D eigenvalue weighted by Gasteiger charge is 2.11. The van der Waals surface area contributed by atoms with Crippen LogP contribution in [0.4, 0.5) is 5.69 Å². The van der Waals surface area contributed by atoms with E-state index in [0.717, 1.165) is 11.3 Å². The van der Waals surface area contributed by atoms with Gasteiger partial charge in [-0.1, -0.05) is 36.4 Å². The maximum atomic E-state index is 12.5. The Hall–Kier alpha value is -4.46. The summed E-state index contributed by atoms with van der Waals surface area (Å²) in [5.41, 5.74) is 2.26. The van der Waals surface area contributed by atoms with Gasteiger partial charge in [0.05, 0.1) is 11.3 Å². The summed E-state index contributed by atoms with van der Waals surface area (Å²) in [5.74, 6) is -0.707. The van der Waals surface area contributed by atoms with Crippen molar-refractivity contribution in [3.63, 3.8) is 0 Å². The molecule has 2 amide bonds. The van der Waals surface area contributed by atoms with Crippen LogP contribution in [0.25, 0.3) is 5.69 Å². The van der Waals surface area contributed by atoms with Crippen LogP contribution in [0.5, 0.6) is 0 Å². The maximum Gasteiger partial charge on any atom is 0.253 e. The minimum atomic E-state index is -0.383. The van der Waals surface area contributed by atoms with E-state index in [9.17, 15) is 14.4 Å². The summed E-state index contributed by atoms with van der Waals surface area (Å²) < 4.78 is 2.89. The molecule has 32 heavy (non-hydrogen) atoms. The molecule has 0 fully saturated rings. The van der Waals surface area contributed by atoms with Gasteiger partial charge in [0, 0.05) is 36.9 Å². The minimum Gasteiger partial charge on any atom is -0.348 e. The number of pyridine rings is 1. The van der Waals surface area contributed by atoms with Gasteiger partial charge in [-0.15, -0.1) is 0 Å². The molecule has 0 aliphatic carbocycles. The Morgan fingerprint density at radius 3 is 2.56 bits per heavy atom. The van der Waals surface area contributed by atoms with E-state index < -0.39 is 0 Å². The van der Waals surface area contributed by atoms with Crippen LogP contribution in [-0.4, -0.2) is 26.2 Å². The molecule has 160 valence electrons. The normalized spacial score (nSPS) is 10.5. The standard InChI is InChI=1S/C24H21N5O3/c30-22(27-20-8-4-9-21(14-20)29-13-5-12-26-29)17-28-16-19(10-11-23(28)31)24(32)25-15-18-6-2-1-3-7-18/h1-14,16H,15,17H2,(H,25,32)(H,27,30). The number of rotatable bonds is 7. The van der Waals surface area contributed by atoms with E-state index in [1.54, 1.807) is 41.3 Å². The van der Waals surface area contributed by atoms with Gasteiger partial charge < -0.3 is 15.2 Å². The Kier molecular flexibility index (Phi) is 6.22. The van der Waals surface area contributed by atoms with E-state index in [4.69, 9.17) is 0 Å². The average molecular weight is 427 g/mol. The van der Waals surface area contributed by atoms with E-state index in [2.05, 4.69) is 15.7 Å². The van der Waals surface area contributed by atoms with Crippen molar-refractivity contribution in [3.05, 3.63) is 113 Å². The fourth-order valence-electron chi connectivity index (χ4n) is 3.17. The minimum absolute atomic E-state index is 0.218. The molecule has 0 spiro atoms. The van der Waals surface area contributed by atoms with Gasteiger partial charge in [0.15, 0.2) is 0 Å². The van der Waals surface area contributed by atoms with Crippen molar-refractivity contribution < 1.29 is 9.59 Å². The summed E-state index contributed by atoms with van der Waals surface area (Å²) in [5, 5.41) is 9.75. The lowest BCUT2D eigenvalue weighted by Crippen LogP contribution is -2.29. The zero-order valence-electron chi connectivity index (χ0n) is 17.1. The molecule has 0 aliphatic rings. The fraction of sp³-hybridized carbons (Fsp3) is 0.0833. The van der Waals surface area contributed by atoms with Crippen LogP contribution in [0.15, 0.2) is 96.2 Å². The van der Waals surface area contributed by atoms with Crippen LogP contribution in [0, 0.1) is 0 Å². The molecule has 8 heteroatoms. The molecule has 0 bridgehead atoms. The monoisotopic (exact) mass is 427 g/mol. The Labute approximate surface area is 184 Å². The summed E-state index contributed by atoms with van der Waals surface area (Å²) in [7, 11) is 0. The van der Waals surface area contributed by atoms with Crippen molar-refractivity contribution in [1.29, 1.82) is 0 Å². The highest BCUT2D eigenvalue weighted by Crippen LogP contribution is 2.14. The molecule has 0 unspecified atom stereocenters. The van der Waals surface area contributed by atoms with Crippen LogP contribution in [0.2, 0.25) is 0 Å². The number of anilines is 1. The van der Waals surface area contributed by atoms with Crippen LogP contribution in [0.3, 0.4) is 0 Å². The van der Waals surface area contributed by atoms with Crippen LogP contribution >= 0.6 is 0 Å². The SMILES string of the molecule is O=C(Cn1cc(C(=O)NCc2ccccc2)ccc1=O)Nc1cccc(-n2cccn2)c1. The summed E-state index contributed by atoms with van der Waals surface area (Å²) >= 11 is 0. The van der Waals surface area contributed by atoms with Gasteiger partial charge in [0.2, 0.25) is 5.91 Å². The second-order valence-corrected chi connectivity index (χ2v) is 7.10. The molecule has 8 nitrogen and oxygen atoms in total. The number of hydrogen-bond acceptors (Lipinski definition) is 4. The Morgan fingerprint density at radius 1 is 0.938 bits per heavy atom. The Bertz CT molecular complexity index is 1280. The largest absolute Gasteiger partial charge is 0.348 e. The number of nitrogens with one attached hydrogen (secondary N) is 2. The van der Waals surface area contributed by atoms with Crippen molar-refractivity contribution in [2.24, 2.45) is 0 Å². The third-order valence-corrected chi connectivity index (χ3v) is 4.75. The van der Waals surface area contributed by atoms with Crippen molar-refractivity contribution in [1.82, 2.24) is 19.7 Å². The van der Waals surface area contributed by atoms with Gasteiger partial charge in [0.25, 0.3) is 11.5 Å². The van der Waals surface area contributed by atoms with E-state index in [1.165, 1.54) is 22.9 Å². The van der Waals surface area contributed by atoms with E-state index >= 15 is 0 Å². The number of aromatic nitrogens is 3. The third kappa shape index (κ3) is 5.17. The summed E-state index contributed by atoms with van der Waals surface area (Å²) in [6.07, 6.45) is 4.86. The molecular weight excluding hydrogens is 406 g/mol. The van der Waals surface area contributed by atoms with Gasteiger partial charge in [-0.25, -0.2) is 4.68 Å². The second-order valence-electron chi connectivity index (χ2n) is 7.10. The number of carbonyl (C=O) groups excluding carboxylic acids is 2. The molecule has 2 heterocycles. The first-order valence-corrected chi connectivity index (χ1v) is 10.0. The lowest BCUT2D eigenvalue weighted by Gasteiger charge is -2.11. The van der Waals surface area contributed by atoms with Gasteiger partial charge in [-0.3, -0.25) is 14.4 Å². The zero-order chi connectivity index (χ0) is 22.3. The summed E-state index contributed by atoms with van der Waals surface area (Å²) in [6, 6.07) is 21.2. The van der Waals surface area contributed by atoms with Gasteiger partial charge >= 0.3 is 0 Å². The molecule has 4 rings (SSSR count). The van der Waals surface area contributed by atoms with Gasteiger partial charge in [-0.05, 0) is 35.9 Å². The smallest absolute Gasteiger partial charge is 0.253 e. The second kappa shape index (κ2) is 9.57. The molecule has 2 aromatic carbocycles. The quantitative estimate of drug-likeness (QED) is 0.474. The lowest BCUT2D eigenvalue weighted by atomic mass is 10.2. The van der Waals surface area contributed by atoms with Gasteiger partial charge in [-0.2, -0.15) is 5.10 Å². The molecule has 0 aliphatic heterocycles. The Balaban J connectivity index is 1.41. The highest BCUT2D eigenvalue weighted by molar-refractivity contribution is 5.94. The van der Waals surface area contributed by atoms with E-state index in [0.29, 0.717) is 17.8 Å². The Morgan fingerprint density at radius 2 is 1.78 bits per heavy atom. The molecule has 2 N–H and O–H groups in total. The summed E-state index contributed by atoms with van der Waals surface area (Å²) in [6.45, 7) is 0.149. The number of carbonyl (C=O) groups is 2. The predicted octanol–water partition coefficient (Wildman–Crippen LogP) is 2.60. The average Bonchev–Trinajstić information content (AvgIpc) is 3.35. The number of benzene rings is 2. The fourth-order valence-corrected chi connectivity index (χ4v) is 3.17. The third-order valence-electron chi connectivity index (χ3n) is 4.75. The number of nitrogens with zero attached hydrogens (tertiary/aromatic N) is 3. The van der Waals surface area contributed by atoms with Crippen molar-refractivity contribution >= 4 is 17.5 Å². The highest BCUT2D eigenvalue weighted by atomic mass is 16.2. The zero-order valence-corrected chi connectivity index (χ0v) is 17.1. The maximum absolute atomic E-state index is 12.5. The van der Waals surface area contributed by atoms with Crippen molar-refractivity contribution in [2.75, 3.05) is 5.32 Å². The molecule has 0 atom stereocenters. The van der Waals surface area contributed by atoms with E-state index in [-0.39, 0.29) is 23.9 Å². The molecule has 0 saturated heterocycles. The van der Waals surface area contributed by atoms with Crippen LogP contribution < -0.4 is 16.2 Å². The van der Waals surface area contributed by atoms with Crippen LogP contribution in [0.1, 0.15) is 15.9 Å². The van der Waals surface area contributed by atoms with Crippen LogP contribution in [-0.2, 0) is 17.9 Å². The topological polar surface area (TPSA) is 98.0 Å². The first-order valence-electron chi connectivity index (χ1n) is 10.0. The molecule has 4 aromatic rings. The summed E-state index contributed by atoms with van der Waals surface area (Å²) in [4.78, 5) is 37.2. The number of hydrogen-bond donors (Lipinski definition) is 2. The van der Waals surface area contributed by atoms with Crippen molar-refractivity contribution in [3.8, 4) is 5.69 Å². The first-order chi connectivity index (χ1) is 15.6. The molecule has 0 radical (unpaired) electrons. The van der Waals surface area contributed by atoms with Crippen molar-refractivity contribution in [2.45, 2.75) is 13.1 Å². The molecule has 2 aromatic heterocycles. The predicted molar refractivity (Wildman–Crippen MR) is 121 cm³/mol. The molecular formula is C24H21N5O3. The molecule has 0 saturated carbocycles. The number of amides is 2. The first kappa shape index (κ1) is 20.8. The van der Waals surface area contributed by atoms with Gasteiger partial charge in [0.1, 0.15) is 6.54 Å².